The molecule has 4 aromatic rings. The fraction of sp³-hybridized carbons (Fsp3) is 0.130. The minimum atomic E-state index is -0.419. The minimum absolute atomic E-state index is 0.161. The molecule has 0 aliphatic heterocycles. The molecule has 6 heteroatoms. The summed E-state index contributed by atoms with van der Waals surface area (Å²) in [5.74, 6) is -0.580. The van der Waals surface area contributed by atoms with E-state index in [1.54, 1.807) is 18.3 Å². The molecular formula is C23H19NO3S2. The van der Waals surface area contributed by atoms with Crippen LogP contribution < -0.4 is 5.32 Å². The van der Waals surface area contributed by atoms with Gasteiger partial charge in [0.1, 0.15) is 10.6 Å². The zero-order chi connectivity index (χ0) is 20.2. The van der Waals surface area contributed by atoms with E-state index >= 15 is 0 Å². The van der Waals surface area contributed by atoms with Crippen molar-refractivity contribution in [2.45, 2.75) is 13.3 Å². The maximum absolute atomic E-state index is 12.8. The second-order valence-corrected chi connectivity index (χ2v) is 8.24. The molecule has 2 aromatic heterocycles. The zero-order valence-corrected chi connectivity index (χ0v) is 17.4. The number of anilines is 1. The number of ether oxygens (including phenoxy) is 1. The van der Waals surface area contributed by atoms with E-state index in [9.17, 15) is 9.59 Å². The number of esters is 1. The summed E-state index contributed by atoms with van der Waals surface area (Å²) in [4.78, 5) is 26.4. The number of carbonyl (C=O) groups excluding carboxylic acids is 2. The Hall–Kier alpha value is -2.96. The summed E-state index contributed by atoms with van der Waals surface area (Å²) in [5.41, 5.74) is 2.17. The molecule has 0 atom stereocenters. The number of nitrogens with one attached hydrogen (secondary N) is 1. The van der Waals surface area contributed by atoms with Crippen molar-refractivity contribution in [2.75, 3.05) is 11.9 Å². The summed E-state index contributed by atoms with van der Waals surface area (Å²) >= 11 is 2.89. The number of fused-ring (bicyclic) bond motifs is 1. The van der Waals surface area contributed by atoms with Crippen LogP contribution >= 0.6 is 22.7 Å². The summed E-state index contributed by atoms with van der Waals surface area (Å²) < 4.78 is 5.24. The van der Waals surface area contributed by atoms with Crippen LogP contribution in [0.2, 0.25) is 0 Å². The van der Waals surface area contributed by atoms with Gasteiger partial charge in [-0.3, -0.25) is 4.79 Å². The number of hydrogen-bond acceptors (Lipinski definition) is 5. The summed E-state index contributed by atoms with van der Waals surface area (Å²) in [6, 6.07) is 17.8. The molecule has 0 saturated carbocycles. The molecule has 0 spiro atoms. The van der Waals surface area contributed by atoms with E-state index in [-0.39, 0.29) is 18.9 Å². The van der Waals surface area contributed by atoms with Gasteiger partial charge >= 0.3 is 5.97 Å². The van der Waals surface area contributed by atoms with Crippen LogP contribution in [-0.4, -0.2) is 18.5 Å². The van der Waals surface area contributed by atoms with E-state index in [0.717, 1.165) is 26.8 Å². The molecule has 0 saturated heterocycles. The van der Waals surface area contributed by atoms with Crippen LogP contribution in [-0.2, 0) is 16.0 Å². The predicted molar refractivity (Wildman–Crippen MR) is 120 cm³/mol. The summed E-state index contributed by atoms with van der Waals surface area (Å²) in [5, 5.41) is 9.46. The molecule has 2 heterocycles. The summed E-state index contributed by atoms with van der Waals surface area (Å²) in [6.45, 7) is 2.05. The molecule has 0 radical (unpaired) electrons. The Morgan fingerprint density at radius 2 is 1.83 bits per heavy atom. The monoisotopic (exact) mass is 421 g/mol. The molecule has 4 nitrogen and oxygen atoms in total. The first-order valence-electron chi connectivity index (χ1n) is 9.26. The van der Waals surface area contributed by atoms with Gasteiger partial charge in [-0.2, -0.15) is 0 Å². The predicted octanol–water partition coefficient (Wildman–Crippen LogP) is 5.99. The fourth-order valence-electron chi connectivity index (χ4n) is 3.26. The van der Waals surface area contributed by atoms with Gasteiger partial charge in [0.25, 0.3) is 0 Å². The van der Waals surface area contributed by atoms with Crippen LogP contribution in [0.4, 0.5) is 5.00 Å². The maximum Gasteiger partial charge on any atom is 0.341 e. The Morgan fingerprint density at radius 1 is 1.00 bits per heavy atom. The number of amides is 1. The van der Waals surface area contributed by atoms with E-state index in [0.29, 0.717) is 10.6 Å². The van der Waals surface area contributed by atoms with E-state index < -0.39 is 5.97 Å². The third-order valence-electron chi connectivity index (χ3n) is 4.54. The molecule has 0 unspecified atom stereocenters. The fourth-order valence-corrected chi connectivity index (χ4v) is 5.05. The smallest absolute Gasteiger partial charge is 0.341 e. The minimum Gasteiger partial charge on any atom is -0.462 e. The molecule has 0 aliphatic carbocycles. The average molecular weight is 422 g/mol. The van der Waals surface area contributed by atoms with Gasteiger partial charge in [-0.1, -0.05) is 48.5 Å². The van der Waals surface area contributed by atoms with E-state index in [2.05, 4.69) is 5.32 Å². The zero-order valence-electron chi connectivity index (χ0n) is 15.8. The van der Waals surface area contributed by atoms with Crippen molar-refractivity contribution in [3.63, 3.8) is 0 Å². The average Bonchev–Trinajstić information content (AvgIpc) is 3.38. The molecule has 2 aromatic carbocycles. The Kier molecular flexibility index (Phi) is 5.74. The molecule has 0 fully saturated rings. The lowest BCUT2D eigenvalue weighted by molar-refractivity contribution is -0.115. The van der Waals surface area contributed by atoms with Crippen molar-refractivity contribution in [3.8, 4) is 10.4 Å². The first-order chi connectivity index (χ1) is 14.2. The van der Waals surface area contributed by atoms with Gasteiger partial charge in [0.05, 0.1) is 13.0 Å². The Bertz CT molecular complexity index is 1160. The van der Waals surface area contributed by atoms with Gasteiger partial charge in [-0.05, 0) is 34.7 Å². The number of rotatable bonds is 6. The van der Waals surface area contributed by atoms with Crippen LogP contribution in [0.15, 0.2) is 65.4 Å². The third-order valence-corrected chi connectivity index (χ3v) is 6.34. The molecule has 1 amide bonds. The summed E-state index contributed by atoms with van der Waals surface area (Å²) in [6.07, 6.45) is 0.232. The Morgan fingerprint density at radius 3 is 2.62 bits per heavy atom. The van der Waals surface area contributed by atoms with Gasteiger partial charge < -0.3 is 10.1 Å². The standard InChI is InChI=1S/C23H19NO3S2/c1-2-27-23(26)21-18(19-11-6-12-28-19)14-29-22(21)24-20(25)13-16-9-5-8-15-7-3-4-10-17(15)16/h3-12,14H,2,13H2,1H3,(H,24,25). The van der Waals surface area contributed by atoms with E-state index in [4.69, 9.17) is 4.74 Å². The highest BCUT2D eigenvalue weighted by Gasteiger charge is 2.23. The molecule has 0 aliphatic rings. The second kappa shape index (κ2) is 8.59. The van der Waals surface area contributed by atoms with Crippen LogP contribution in [0.3, 0.4) is 0 Å². The topological polar surface area (TPSA) is 55.4 Å². The van der Waals surface area contributed by atoms with Crippen molar-refractivity contribution in [3.05, 3.63) is 76.5 Å². The van der Waals surface area contributed by atoms with Crippen LogP contribution in [0.1, 0.15) is 22.8 Å². The Labute approximate surface area is 176 Å². The van der Waals surface area contributed by atoms with Crippen LogP contribution in [0.25, 0.3) is 21.2 Å². The van der Waals surface area contributed by atoms with Crippen molar-refractivity contribution < 1.29 is 14.3 Å². The van der Waals surface area contributed by atoms with Gasteiger partial charge in [0.15, 0.2) is 0 Å². The van der Waals surface area contributed by atoms with E-state index in [1.807, 2.05) is 65.4 Å². The number of carbonyl (C=O) groups is 2. The van der Waals surface area contributed by atoms with Gasteiger partial charge in [-0.25, -0.2) is 4.79 Å². The quantitative estimate of drug-likeness (QED) is 0.389. The molecule has 146 valence electrons. The first kappa shape index (κ1) is 19.4. The second-order valence-electron chi connectivity index (χ2n) is 6.41. The summed E-state index contributed by atoms with van der Waals surface area (Å²) in [7, 11) is 0. The van der Waals surface area contributed by atoms with Crippen molar-refractivity contribution >= 4 is 50.3 Å². The van der Waals surface area contributed by atoms with Crippen molar-refractivity contribution in [1.82, 2.24) is 0 Å². The third kappa shape index (κ3) is 4.09. The normalized spacial score (nSPS) is 10.8. The molecule has 1 N–H and O–H groups in total. The number of benzene rings is 2. The highest BCUT2D eigenvalue weighted by Crippen LogP contribution is 2.38. The lowest BCUT2D eigenvalue weighted by Crippen LogP contribution is -2.16. The lowest BCUT2D eigenvalue weighted by atomic mass is 10.0. The highest BCUT2D eigenvalue weighted by molar-refractivity contribution is 7.17. The number of thiophene rings is 2. The molecule has 4 rings (SSSR count). The van der Waals surface area contributed by atoms with Crippen molar-refractivity contribution in [2.24, 2.45) is 0 Å². The van der Waals surface area contributed by atoms with E-state index in [1.165, 1.54) is 11.3 Å². The Balaban J connectivity index is 1.62. The largest absolute Gasteiger partial charge is 0.462 e. The van der Waals surface area contributed by atoms with Gasteiger partial charge in [0.2, 0.25) is 5.91 Å². The van der Waals surface area contributed by atoms with Gasteiger partial charge in [-0.15, -0.1) is 22.7 Å². The van der Waals surface area contributed by atoms with Crippen LogP contribution in [0.5, 0.6) is 0 Å². The van der Waals surface area contributed by atoms with Crippen molar-refractivity contribution in [1.29, 1.82) is 0 Å². The maximum atomic E-state index is 12.8. The number of hydrogen-bond donors (Lipinski definition) is 1. The van der Waals surface area contributed by atoms with Crippen LogP contribution in [0, 0.1) is 0 Å². The SMILES string of the molecule is CCOC(=O)c1c(-c2cccs2)csc1NC(=O)Cc1cccc2ccccc12. The van der Waals surface area contributed by atoms with Gasteiger partial charge in [0, 0.05) is 15.8 Å². The molecular weight excluding hydrogens is 402 g/mol. The molecule has 29 heavy (non-hydrogen) atoms. The highest BCUT2D eigenvalue weighted by atomic mass is 32.1. The molecule has 0 bridgehead atoms. The lowest BCUT2D eigenvalue weighted by Gasteiger charge is -2.09. The first-order valence-corrected chi connectivity index (χ1v) is 11.0.